The molecule has 0 radical (unpaired) electrons. The molecule has 1 aliphatic heterocycles. The largest absolute Gasteiger partial charge is 0.443 e. The van der Waals surface area contributed by atoms with Gasteiger partial charge in [-0.1, -0.05) is 30.3 Å². The number of carbonyl (C=O) groups excluding carboxylic acids is 2. The van der Waals surface area contributed by atoms with E-state index in [0.29, 0.717) is 29.9 Å². The van der Waals surface area contributed by atoms with Gasteiger partial charge >= 0.3 is 6.09 Å². The molecule has 2 aliphatic rings. The summed E-state index contributed by atoms with van der Waals surface area (Å²) in [4.78, 5) is 32.8. The highest BCUT2D eigenvalue weighted by molar-refractivity contribution is 7.91. The fourth-order valence-electron chi connectivity index (χ4n) is 5.52. The number of hydrogen-bond donors (Lipinski definition) is 1. The third-order valence-electron chi connectivity index (χ3n) is 8.13. The van der Waals surface area contributed by atoms with Gasteiger partial charge in [-0.3, -0.25) is 9.69 Å². The zero-order valence-corrected chi connectivity index (χ0v) is 27.3. The number of hydrogen-bond acceptors (Lipinski definition) is 8. The van der Waals surface area contributed by atoms with E-state index in [0.717, 1.165) is 31.2 Å². The second-order valence-electron chi connectivity index (χ2n) is 13.0. The van der Waals surface area contributed by atoms with E-state index in [9.17, 15) is 18.0 Å². The van der Waals surface area contributed by atoms with Crippen LogP contribution in [-0.4, -0.2) is 66.4 Å². The summed E-state index contributed by atoms with van der Waals surface area (Å²) in [6, 6.07) is 15.1. The molecule has 12 heteroatoms. The number of amides is 2. The second kappa shape index (κ2) is 12.5. The van der Waals surface area contributed by atoms with Crippen molar-refractivity contribution < 1.29 is 27.5 Å². The number of sulfone groups is 1. The van der Waals surface area contributed by atoms with Crippen LogP contribution in [0.25, 0.3) is 16.8 Å². The lowest BCUT2D eigenvalue weighted by atomic mass is 10.00. The summed E-state index contributed by atoms with van der Waals surface area (Å²) >= 11 is 0. The van der Waals surface area contributed by atoms with Crippen LogP contribution in [0.3, 0.4) is 0 Å². The maximum Gasteiger partial charge on any atom is 0.416 e. The van der Waals surface area contributed by atoms with Crippen LogP contribution in [0, 0.1) is 12.8 Å². The van der Waals surface area contributed by atoms with E-state index in [1.54, 1.807) is 57.3 Å². The van der Waals surface area contributed by atoms with Gasteiger partial charge in [-0.25, -0.2) is 18.2 Å². The minimum atomic E-state index is -4.09. The number of fused-ring (bicyclic) bond motifs is 1. The Morgan fingerprint density at radius 2 is 1.76 bits per heavy atom. The van der Waals surface area contributed by atoms with Crippen molar-refractivity contribution in [1.29, 1.82) is 0 Å². The van der Waals surface area contributed by atoms with E-state index < -0.39 is 21.5 Å². The van der Waals surface area contributed by atoms with E-state index in [-0.39, 0.29) is 45.8 Å². The van der Waals surface area contributed by atoms with Crippen molar-refractivity contribution in [2.24, 2.45) is 5.92 Å². The Morgan fingerprint density at radius 3 is 2.41 bits per heavy atom. The first kappa shape index (κ1) is 31.7. The lowest BCUT2D eigenvalue weighted by Crippen LogP contribution is -2.42. The number of aryl methyl sites for hydroxylation is 1. The molecule has 2 aromatic heterocycles. The van der Waals surface area contributed by atoms with Crippen LogP contribution in [0.1, 0.15) is 62.4 Å². The van der Waals surface area contributed by atoms with Crippen LogP contribution >= 0.6 is 0 Å². The summed E-state index contributed by atoms with van der Waals surface area (Å²) in [5, 5.41) is 7.43. The summed E-state index contributed by atoms with van der Waals surface area (Å²) in [6.45, 7) is 8.65. The fraction of sp³-hybridized carbons (Fsp3) is 0.412. The lowest BCUT2D eigenvalue weighted by molar-refractivity contribution is 0.0512. The molecular weight excluding hydrogens is 606 g/mol. The zero-order valence-electron chi connectivity index (χ0n) is 26.5. The SMILES string of the molecule is Cc1cc(-c2cnn3c(N(CC4CCOCC4)C(=O)OC(C)(C)C)cc(S(=O)(=O)c4ccccc4)nc23)ccc1C(=O)NC1CC1. The number of benzene rings is 2. The van der Waals surface area contributed by atoms with Crippen molar-refractivity contribution in [3.8, 4) is 11.1 Å². The first-order valence-electron chi connectivity index (χ1n) is 15.6. The van der Waals surface area contributed by atoms with E-state index in [4.69, 9.17) is 9.47 Å². The monoisotopic (exact) mass is 645 g/mol. The number of nitrogens with one attached hydrogen (secondary N) is 1. The summed E-state index contributed by atoms with van der Waals surface area (Å²) in [7, 11) is -4.09. The van der Waals surface area contributed by atoms with Crippen molar-refractivity contribution in [1.82, 2.24) is 19.9 Å². The van der Waals surface area contributed by atoms with Crippen LogP contribution in [0.4, 0.5) is 10.6 Å². The number of aromatic nitrogens is 3. The lowest BCUT2D eigenvalue weighted by Gasteiger charge is -2.31. The smallest absolute Gasteiger partial charge is 0.416 e. The Hall–Kier alpha value is -4.29. The molecule has 0 unspecified atom stereocenters. The van der Waals surface area contributed by atoms with Gasteiger partial charge in [0.2, 0.25) is 9.84 Å². The number of ether oxygens (including phenoxy) is 2. The maximum absolute atomic E-state index is 14.0. The van der Waals surface area contributed by atoms with Crippen molar-refractivity contribution in [2.45, 2.75) is 74.9 Å². The van der Waals surface area contributed by atoms with Gasteiger partial charge in [-0.15, -0.1) is 0 Å². The Morgan fingerprint density at radius 1 is 1.04 bits per heavy atom. The van der Waals surface area contributed by atoms with E-state index >= 15 is 0 Å². The third kappa shape index (κ3) is 6.78. The molecule has 1 aliphatic carbocycles. The normalized spacial score (nSPS) is 15.9. The predicted molar refractivity (Wildman–Crippen MR) is 173 cm³/mol. The molecule has 1 N–H and O–H groups in total. The van der Waals surface area contributed by atoms with Crippen LogP contribution in [0.15, 0.2) is 70.7 Å². The standard InChI is InChI=1S/C34H39N5O6S/c1-22-18-24(10-13-27(22)32(40)36-25-11-12-25)28-20-35-39-30(19-29(37-31(28)39)46(42,43)26-8-6-5-7-9-26)38(33(41)45-34(2,3)4)21-23-14-16-44-17-15-23/h5-10,13,18-20,23,25H,11-12,14-17,21H2,1-4H3,(H,36,40). The minimum Gasteiger partial charge on any atom is -0.443 e. The highest BCUT2D eigenvalue weighted by atomic mass is 32.2. The first-order chi connectivity index (χ1) is 21.9. The number of carbonyl (C=O) groups is 2. The molecule has 4 aromatic rings. The molecular formula is C34H39N5O6S. The molecule has 242 valence electrons. The van der Waals surface area contributed by atoms with Gasteiger partial charge in [-0.05, 0) is 88.6 Å². The highest BCUT2D eigenvalue weighted by Gasteiger charge is 2.32. The van der Waals surface area contributed by atoms with E-state index in [2.05, 4.69) is 15.4 Å². The molecule has 1 saturated carbocycles. The molecule has 1 saturated heterocycles. The van der Waals surface area contributed by atoms with Crippen molar-refractivity contribution >= 4 is 33.3 Å². The molecule has 46 heavy (non-hydrogen) atoms. The molecule has 0 bridgehead atoms. The van der Waals surface area contributed by atoms with Gasteiger partial charge in [0.25, 0.3) is 5.91 Å². The number of anilines is 1. The Kier molecular flexibility index (Phi) is 8.60. The Labute approximate surface area is 268 Å². The summed E-state index contributed by atoms with van der Waals surface area (Å²) in [6.07, 6.45) is 4.45. The van der Waals surface area contributed by atoms with Gasteiger partial charge in [0, 0.05) is 43.0 Å². The average Bonchev–Trinajstić information content (AvgIpc) is 3.73. The van der Waals surface area contributed by atoms with Gasteiger partial charge in [0.1, 0.15) is 11.4 Å². The predicted octanol–water partition coefficient (Wildman–Crippen LogP) is 5.60. The zero-order chi connectivity index (χ0) is 32.6. The van der Waals surface area contributed by atoms with Gasteiger partial charge in [0.05, 0.1) is 11.1 Å². The minimum absolute atomic E-state index is 0.0778. The third-order valence-corrected chi connectivity index (χ3v) is 9.78. The van der Waals surface area contributed by atoms with Gasteiger partial charge in [-0.2, -0.15) is 9.61 Å². The van der Waals surface area contributed by atoms with Gasteiger partial charge in [0.15, 0.2) is 10.7 Å². The molecule has 2 amide bonds. The van der Waals surface area contributed by atoms with E-state index in [1.165, 1.54) is 27.6 Å². The van der Waals surface area contributed by atoms with Gasteiger partial charge < -0.3 is 14.8 Å². The first-order valence-corrected chi connectivity index (χ1v) is 17.1. The highest BCUT2D eigenvalue weighted by Crippen LogP contribution is 2.33. The molecule has 2 aromatic carbocycles. The Balaban J connectivity index is 1.51. The Bertz CT molecular complexity index is 1870. The average molecular weight is 646 g/mol. The summed E-state index contributed by atoms with van der Waals surface area (Å²) in [5.41, 5.74) is 2.05. The van der Waals surface area contributed by atoms with Crippen molar-refractivity contribution in [3.63, 3.8) is 0 Å². The van der Waals surface area contributed by atoms with Crippen LogP contribution in [0.5, 0.6) is 0 Å². The molecule has 3 heterocycles. The number of nitrogens with zero attached hydrogens (tertiary/aromatic N) is 4. The van der Waals surface area contributed by atoms with Crippen LogP contribution in [-0.2, 0) is 19.3 Å². The number of rotatable bonds is 8. The van der Waals surface area contributed by atoms with Crippen molar-refractivity contribution in [3.05, 3.63) is 71.9 Å². The maximum atomic E-state index is 14.0. The fourth-order valence-corrected chi connectivity index (χ4v) is 6.75. The van der Waals surface area contributed by atoms with Crippen LogP contribution in [0.2, 0.25) is 0 Å². The second-order valence-corrected chi connectivity index (χ2v) is 14.9. The topological polar surface area (TPSA) is 132 Å². The quantitative estimate of drug-likeness (QED) is 0.245. The molecule has 11 nitrogen and oxygen atoms in total. The molecule has 0 spiro atoms. The van der Waals surface area contributed by atoms with E-state index in [1.807, 2.05) is 13.0 Å². The molecule has 0 atom stereocenters. The molecule has 2 fully saturated rings. The summed E-state index contributed by atoms with van der Waals surface area (Å²) < 4.78 is 40.9. The van der Waals surface area contributed by atoms with Crippen LogP contribution < -0.4 is 10.2 Å². The summed E-state index contributed by atoms with van der Waals surface area (Å²) in [5.74, 6) is 0.207. The van der Waals surface area contributed by atoms with Crippen molar-refractivity contribution in [2.75, 3.05) is 24.7 Å². The molecule has 6 rings (SSSR count).